The normalized spacial score (nSPS) is 10.4. The van der Waals surface area contributed by atoms with E-state index in [1.54, 1.807) is 18.2 Å². The number of benzene rings is 2. The van der Waals surface area contributed by atoms with E-state index in [0.717, 1.165) is 17.7 Å². The van der Waals surface area contributed by atoms with Crippen molar-refractivity contribution in [2.24, 2.45) is 0 Å². The molecule has 0 spiro atoms. The third kappa shape index (κ3) is 3.00. The van der Waals surface area contributed by atoms with Gasteiger partial charge in [0.05, 0.1) is 0 Å². The minimum Gasteiger partial charge on any atom is -0.457 e. The van der Waals surface area contributed by atoms with E-state index in [2.05, 4.69) is 15.9 Å². The van der Waals surface area contributed by atoms with E-state index in [-0.39, 0.29) is 5.75 Å². The molecule has 0 amide bonds. The van der Waals surface area contributed by atoms with Gasteiger partial charge in [-0.15, -0.1) is 0 Å². The van der Waals surface area contributed by atoms with Crippen molar-refractivity contribution < 1.29 is 13.5 Å². The summed E-state index contributed by atoms with van der Waals surface area (Å²) in [5.74, 6) is -1.07. The molecule has 0 atom stereocenters. The lowest BCUT2D eigenvalue weighted by molar-refractivity contribution is 0.459. The maximum absolute atomic E-state index is 13.0. The average Bonchev–Trinajstić information content (AvgIpc) is 2.36. The average molecular weight is 334 g/mol. The summed E-state index contributed by atoms with van der Waals surface area (Å²) in [5.41, 5.74) is 0.826. The Bertz CT molecular complexity index is 575. The van der Waals surface area contributed by atoms with Crippen molar-refractivity contribution in [2.45, 2.75) is 5.33 Å². The summed E-state index contributed by atoms with van der Waals surface area (Å²) in [7, 11) is 0. The molecule has 5 heteroatoms. The van der Waals surface area contributed by atoms with E-state index in [4.69, 9.17) is 16.3 Å². The molecule has 0 aliphatic rings. The third-order valence-corrected chi connectivity index (χ3v) is 3.12. The van der Waals surface area contributed by atoms with Gasteiger partial charge in [0.1, 0.15) is 11.5 Å². The molecular weight excluding hydrogens is 325 g/mol. The summed E-state index contributed by atoms with van der Waals surface area (Å²) in [6, 6.07) is 8.48. The van der Waals surface area contributed by atoms with Crippen molar-refractivity contribution in [1.29, 1.82) is 0 Å². The van der Waals surface area contributed by atoms with Crippen molar-refractivity contribution in [1.82, 2.24) is 0 Å². The van der Waals surface area contributed by atoms with Gasteiger partial charge in [-0.05, 0) is 30.3 Å². The minimum atomic E-state index is -0.943. The first-order chi connectivity index (χ1) is 8.60. The van der Waals surface area contributed by atoms with Gasteiger partial charge in [-0.25, -0.2) is 8.78 Å². The molecule has 0 saturated heterocycles. The Hall–Kier alpha value is -1.13. The number of ether oxygens (including phenoxy) is 1. The van der Waals surface area contributed by atoms with Gasteiger partial charge in [0, 0.05) is 22.0 Å². The smallest absolute Gasteiger partial charge is 0.162 e. The Labute approximate surface area is 116 Å². The second-order valence-electron chi connectivity index (χ2n) is 3.56. The van der Waals surface area contributed by atoms with Crippen molar-refractivity contribution in [2.75, 3.05) is 0 Å². The van der Waals surface area contributed by atoms with Crippen molar-refractivity contribution in [3.63, 3.8) is 0 Å². The summed E-state index contributed by atoms with van der Waals surface area (Å²) < 4.78 is 31.3. The summed E-state index contributed by atoms with van der Waals surface area (Å²) >= 11 is 9.17. The lowest BCUT2D eigenvalue weighted by atomic mass is 10.2. The molecule has 0 bridgehead atoms. The Morgan fingerprint density at radius 2 is 1.83 bits per heavy atom. The van der Waals surface area contributed by atoms with Gasteiger partial charge in [0.25, 0.3) is 0 Å². The number of halogens is 4. The van der Waals surface area contributed by atoms with Gasteiger partial charge >= 0.3 is 0 Å². The number of alkyl halides is 1. The Balaban J connectivity index is 2.30. The molecular formula is C13H8BrClF2O. The zero-order valence-corrected chi connectivity index (χ0v) is 11.4. The van der Waals surface area contributed by atoms with Crippen molar-refractivity contribution in [3.8, 4) is 11.5 Å². The van der Waals surface area contributed by atoms with Crippen LogP contribution in [0.25, 0.3) is 0 Å². The zero-order valence-electron chi connectivity index (χ0n) is 9.09. The molecule has 1 nitrogen and oxygen atoms in total. The van der Waals surface area contributed by atoms with E-state index in [1.807, 2.05) is 0 Å². The first kappa shape index (κ1) is 13.3. The fraction of sp³-hybridized carbons (Fsp3) is 0.0769. The third-order valence-electron chi connectivity index (χ3n) is 2.29. The van der Waals surface area contributed by atoms with E-state index in [1.165, 1.54) is 6.07 Å². The first-order valence-corrected chi connectivity index (χ1v) is 6.57. The molecule has 2 aromatic rings. The Kier molecular flexibility index (Phi) is 4.19. The zero-order chi connectivity index (χ0) is 13.1. The Morgan fingerprint density at radius 1 is 1.06 bits per heavy atom. The van der Waals surface area contributed by atoms with E-state index >= 15 is 0 Å². The van der Waals surface area contributed by atoms with E-state index in [9.17, 15) is 8.78 Å². The molecule has 2 aromatic carbocycles. The standard InChI is InChI=1S/C13H8BrClF2O/c14-7-8-5-9(15)1-4-13(8)18-10-2-3-11(16)12(17)6-10/h1-6H,7H2. The summed E-state index contributed by atoms with van der Waals surface area (Å²) in [4.78, 5) is 0. The van der Waals surface area contributed by atoms with Gasteiger partial charge in [0.2, 0.25) is 0 Å². The molecule has 0 fully saturated rings. The highest BCUT2D eigenvalue weighted by Crippen LogP contribution is 2.30. The van der Waals surface area contributed by atoms with Gasteiger partial charge in [-0.2, -0.15) is 0 Å². The Morgan fingerprint density at radius 3 is 2.50 bits per heavy atom. The number of rotatable bonds is 3. The van der Waals surface area contributed by atoms with Crippen LogP contribution in [0.15, 0.2) is 36.4 Å². The van der Waals surface area contributed by atoms with E-state index < -0.39 is 11.6 Å². The van der Waals surface area contributed by atoms with Gasteiger partial charge in [-0.3, -0.25) is 0 Å². The van der Waals surface area contributed by atoms with Gasteiger partial charge in [-0.1, -0.05) is 27.5 Å². The first-order valence-electron chi connectivity index (χ1n) is 5.07. The van der Waals surface area contributed by atoms with Crippen molar-refractivity contribution in [3.05, 3.63) is 58.6 Å². The maximum atomic E-state index is 13.0. The highest BCUT2D eigenvalue weighted by molar-refractivity contribution is 9.08. The quantitative estimate of drug-likeness (QED) is 0.692. The van der Waals surface area contributed by atoms with Crippen LogP contribution >= 0.6 is 27.5 Å². The van der Waals surface area contributed by atoms with Crippen LogP contribution in [0.1, 0.15) is 5.56 Å². The van der Waals surface area contributed by atoms with Crippen LogP contribution in [0.3, 0.4) is 0 Å². The van der Waals surface area contributed by atoms with Crippen LogP contribution in [0.2, 0.25) is 5.02 Å². The largest absolute Gasteiger partial charge is 0.457 e. The number of hydrogen-bond donors (Lipinski definition) is 0. The molecule has 0 unspecified atom stereocenters. The molecule has 2 rings (SSSR count). The molecule has 18 heavy (non-hydrogen) atoms. The summed E-state index contributed by atoms with van der Waals surface area (Å²) in [6.45, 7) is 0. The second-order valence-corrected chi connectivity index (χ2v) is 4.56. The predicted molar refractivity (Wildman–Crippen MR) is 70.5 cm³/mol. The topological polar surface area (TPSA) is 9.23 Å². The summed E-state index contributed by atoms with van der Waals surface area (Å²) in [5, 5.41) is 1.13. The molecule has 0 radical (unpaired) electrons. The molecule has 0 saturated carbocycles. The van der Waals surface area contributed by atoms with Crippen LogP contribution in [-0.2, 0) is 5.33 Å². The highest BCUT2D eigenvalue weighted by atomic mass is 79.9. The fourth-order valence-electron chi connectivity index (χ4n) is 1.42. The fourth-order valence-corrected chi connectivity index (χ4v) is 2.05. The molecule has 0 aliphatic carbocycles. The molecule has 94 valence electrons. The molecule has 0 aromatic heterocycles. The van der Waals surface area contributed by atoms with Crippen molar-refractivity contribution >= 4 is 27.5 Å². The van der Waals surface area contributed by atoms with Gasteiger partial charge in [0.15, 0.2) is 11.6 Å². The molecule has 0 N–H and O–H groups in total. The number of hydrogen-bond acceptors (Lipinski definition) is 1. The monoisotopic (exact) mass is 332 g/mol. The highest BCUT2D eigenvalue weighted by Gasteiger charge is 2.07. The molecule has 0 heterocycles. The molecule has 0 aliphatic heterocycles. The van der Waals surface area contributed by atoms with Gasteiger partial charge < -0.3 is 4.74 Å². The van der Waals surface area contributed by atoms with Crippen LogP contribution in [0, 0.1) is 11.6 Å². The van der Waals surface area contributed by atoms with Crippen LogP contribution < -0.4 is 4.74 Å². The van der Waals surface area contributed by atoms with E-state index in [0.29, 0.717) is 16.1 Å². The second kappa shape index (κ2) is 5.67. The van der Waals surface area contributed by atoms with Crippen LogP contribution in [-0.4, -0.2) is 0 Å². The van der Waals surface area contributed by atoms with Crippen LogP contribution in [0.4, 0.5) is 8.78 Å². The predicted octanol–water partition coefficient (Wildman–Crippen LogP) is 5.31. The summed E-state index contributed by atoms with van der Waals surface area (Å²) in [6.07, 6.45) is 0. The maximum Gasteiger partial charge on any atom is 0.162 e. The SMILES string of the molecule is Fc1ccc(Oc2ccc(Cl)cc2CBr)cc1F. The minimum absolute atomic E-state index is 0.235. The lowest BCUT2D eigenvalue weighted by Crippen LogP contribution is -1.91. The van der Waals surface area contributed by atoms with Crippen LogP contribution in [0.5, 0.6) is 11.5 Å². The lowest BCUT2D eigenvalue weighted by Gasteiger charge is -2.10.